The number of benzene rings is 2. The van der Waals surface area contributed by atoms with E-state index in [0.29, 0.717) is 22.0 Å². The van der Waals surface area contributed by atoms with Gasteiger partial charge in [-0.05, 0) is 29.8 Å². The van der Waals surface area contributed by atoms with Crippen LogP contribution < -0.4 is 0 Å². The molecule has 112 valence electrons. The van der Waals surface area contributed by atoms with Gasteiger partial charge in [-0.25, -0.2) is 9.78 Å². The molecular weight excluding hydrogens is 341 g/mol. The van der Waals surface area contributed by atoms with Crippen LogP contribution in [0.25, 0.3) is 10.2 Å². The van der Waals surface area contributed by atoms with Gasteiger partial charge in [-0.15, -0.1) is 11.3 Å². The predicted octanol–water partition coefficient (Wildman–Crippen LogP) is 4.98. The van der Waals surface area contributed by atoms with Gasteiger partial charge in [0.25, 0.3) is 0 Å². The quantitative estimate of drug-likeness (QED) is 0.624. The number of hydrogen-bond donors (Lipinski definition) is 0. The third-order valence-corrected chi connectivity index (χ3v) is 4.92. The first-order valence-electron chi connectivity index (χ1n) is 6.48. The number of carbonyl (C=O) groups is 1. The van der Waals surface area contributed by atoms with Crippen LogP contribution in [0.1, 0.15) is 20.9 Å². The van der Waals surface area contributed by atoms with E-state index in [4.69, 9.17) is 27.9 Å². The van der Waals surface area contributed by atoms with Gasteiger partial charge in [0, 0.05) is 6.42 Å². The molecule has 0 aliphatic carbocycles. The first-order valence-corrected chi connectivity index (χ1v) is 8.06. The van der Waals surface area contributed by atoms with Crippen LogP contribution in [-0.4, -0.2) is 18.1 Å². The van der Waals surface area contributed by atoms with E-state index in [1.54, 1.807) is 23.5 Å². The van der Waals surface area contributed by atoms with Crippen LogP contribution in [0.3, 0.4) is 0 Å². The SMILES string of the molecule is COC(=O)c1cccc(Cc2nc3cc(Cl)c(Cl)cc3s2)c1. The Morgan fingerprint density at radius 3 is 2.77 bits per heavy atom. The van der Waals surface area contributed by atoms with Crippen LogP contribution in [0.4, 0.5) is 0 Å². The molecule has 0 unspecified atom stereocenters. The Kier molecular flexibility index (Phi) is 4.34. The summed E-state index contributed by atoms with van der Waals surface area (Å²) < 4.78 is 5.73. The average molecular weight is 352 g/mol. The van der Waals surface area contributed by atoms with E-state index in [9.17, 15) is 4.79 Å². The van der Waals surface area contributed by atoms with Crippen LogP contribution in [0.5, 0.6) is 0 Å². The Morgan fingerprint density at radius 2 is 2.00 bits per heavy atom. The molecule has 0 saturated carbocycles. The second kappa shape index (κ2) is 6.24. The molecule has 0 saturated heterocycles. The van der Waals surface area contributed by atoms with Gasteiger partial charge < -0.3 is 4.74 Å². The maximum atomic E-state index is 11.6. The molecule has 0 N–H and O–H groups in total. The van der Waals surface area contributed by atoms with Crippen molar-refractivity contribution >= 4 is 50.7 Å². The van der Waals surface area contributed by atoms with Crippen LogP contribution in [0, 0.1) is 0 Å². The fraction of sp³-hybridized carbons (Fsp3) is 0.125. The van der Waals surface area contributed by atoms with E-state index < -0.39 is 0 Å². The molecule has 3 rings (SSSR count). The highest BCUT2D eigenvalue weighted by molar-refractivity contribution is 7.18. The lowest BCUT2D eigenvalue weighted by Crippen LogP contribution is -2.01. The molecule has 3 nitrogen and oxygen atoms in total. The largest absolute Gasteiger partial charge is 0.465 e. The van der Waals surface area contributed by atoms with Gasteiger partial charge in [0.1, 0.15) is 0 Å². The van der Waals surface area contributed by atoms with Gasteiger partial charge >= 0.3 is 5.97 Å². The second-order valence-corrected chi connectivity index (χ2v) is 6.64. The van der Waals surface area contributed by atoms with Crippen molar-refractivity contribution in [3.8, 4) is 0 Å². The number of esters is 1. The number of hydrogen-bond acceptors (Lipinski definition) is 4. The molecule has 0 aliphatic heterocycles. The third kappa shape index (κ3) is 3.09. The van der Waals surface area contributed by atoms with Gasteiger partial charge in [-0.1, -0.05) is 35.3 Å². The van der Waals surface area contributed by atoms with E-state index >= 15 is 0 Å². The number of carbonyl (C=O) groups excluding carboxylic acids is 1. The number of ether oxygens (including phenoxy) is 1. The van der Waals surface area contributed by atoms with E-state index in [1.807, 2.05) is 24.3 Å². The number of fused-ring (bicyclic) bond motifs is 1. The Bertz CT molecular complexity index is 821. The molecule has 0 fully saturated rings. The normalized spacial score (nSPS) is 10.9. The zero-order valence-corrected chi connectivity index (χ0v) is 13.9. The van der Waals surface area contributed by atoms with Crippen molar-refractivity contribution in [3.63, 3.8) is 0 Å². The molecule has 0 radical (unpaired) electrons. The highest BCUT2D eigenvalue weighted by Crippen LogP contribution is 2.31. The summed E-state index contributed by atoms with van der Waals surface area (Å²) in [7, 11) is 1.37. The van der Waals surface area contributed by atoms with Crippen molar-refractivity contribution in [3.05, 3.63) is 62.6 Å². The highest BCUT2D eigenvalue weighted by Gasteiger charge is 2.10. The van der Waals surface area contributed by atoms with Crippen molar-refractivity contribution < 1.29 is 9.53 Å². The molecule has 0 aliphatic rings. The standard InChI is InChI=1S/C16H11Cl2NO2S/c1-21-16(20)10-4-2-3-9(5-10)6-15-19-13-7-11(17)12(18)8-14(13)22-15/h2-5,7-8H,6H2,1H3. The lowest BCUT2D eigenvalue weighted by Gasteiger charge is -2.02. The molecular formula is C16H11Cl2NO2S. The second-order valence-electron chi connectivity index (χ2n) is 4.71. The number of nitrogens with zero attached hydrogens (tertiary/aromatic N) is 1. The van der Waals surface area contributed by atoms with Gasteiger partial charge in [0.05, 0.1) is 37.9 Å². The zero-order chi connectivity index (χ0) is 15.7. The Hall–Kier alpha value is -1.62. The molecule has 6 heteroatoms. The van der Waals surface area contributed by atoms with Crippen LogP contribution in [0.15, 0.2) is 36.4 Å². The predicted molar refractivity (Wildman–Crippen MR) is 90.2 cm³/mol. The first kappa shape index (κ1) is 15.3. The first-order chi connectivity index (χ1) is 10.6. The third-order valence-electron chi connectivity index (χ3n) is 3.18. The molecule has 0 atom stereocenters. The van der Waals surface area contributed by atoms with Crippen molar-refractivity contribution in [1.82, 2.24) is 4.98 Å². The van der Waals surface area contributed by atoms with Crippen LogP contribution >= 0.6 is 34.5 Å². The topological polar surface area (TPSA) is 39.2 Å². The molecule has 3 aromatic rings. The minimum Gasteiger partial charge on any atom is -0.465 e. The lowest BCUT2D eigenvalue weighted by molar-refractivity contribution is 0.0600. The minimum atomic E-state index is -0.343. The molecule has 22 heavy (non-hydrogen) atoms. The summed E-state index contributed by atoms with van der Waals surface area (Å²) >= 11 is 13.6. The van der Waals surface area contributed by atoms with Gasteiger partial charge in [0.15, 0.2) is 0 Å². The number of halogens is 2. The monoisotopic (exact) mass is 351 g/mol. The Morgan fingerprint density at radius 1 is 1.23 bits per heavy atom. The number of rotatable bonds is 3. The summed E-state index contributed by atoms with van der Waals surface area (Å²) in [4.78, 5) is 16.1. The molecule has 0 bridgehead atoms. The summed E-state index contributed by atoms with van der Waals surface area (Å²) in [6.45, 7) is 0. The van der Waals surface area contributed by atoms with Gasteiger partial charge in [-0.3, -0.25) is 0 Å². The smallest absolute Gasteiger partial charge is 0.337 e. The van der Waals surface area contributed by atoms with Crippen LogP contribution in [0.2, 0.25) is 10.0 Å². The lowest BCUT2D eigenvalue weighted by atomic mass is 10.1. The maximum Gasteiger partial charge on any atom is 0.337 e. The van der Waals surface area contributed by atoms with Crippen molar-refractivity contribution in [2.45, 2.75) is 6.42 Å². The van der Waals surface area contributed by atoms with Crippen LogP contribution in [-0.2, 0) is 11.2 Å². The Balaban J connectivity index is 1.91. The number of methoxy groups -OCH3 is 1. The average Bonchev–Trinajstić information content (AvgIpc) is 2.88. The highest BCUT2D eigenvalue weighted by atomic mass is 35.5. The van der Waals surface area contributed by atoms with E-state index in [-0.39, 0.29) is 5.97 Å². The summed E-state index contributed by atoms with van der Waals surface area (Å²) in [6, 6.07) is 10.9. The van der Waals surface area contributed by atoms with E-state index in [2.05, 4.69) is 4.98 Å². The number of aromatic nitrogens is 1. The van der Waals surface area contributed by atoms with E-state index in [1.165, 1.54) is 7.11 Å². The van der Waals surface area contributed by atoms with Crippen molar-refractivity contribution in [1.29, 1.82) is 0 Å². The van der Waals surface area contributed by atoms with Crippen molar-refractivity contribution in [2.75, 3.05) is 7.11 Å². The maximum absolute atomic E-state index is 11.6. The molecule has 1 heterocycles. The zero-order valence-electron chi connectivity index (χ0n) is 11.6. The summed E-state index contributed by atoms with van der Waals surface area (Å²) in [6.07, 6.45) is 0.638. The Labute approximate surface area is 141 Å². The van der Waals surface area contributed by atoms with Gasteiger partial charge in [-0.2, -0.15) is 0 Å². The molecule has 0 spiro atoms. The minimum absolute atomic E-state index is 0.343. The summed E-state index contributed by atoms with van der Waals surface area (Å²) in [5, 5.41) is 1.96. The van der Waals surface area contributed by atoms with E-state index in [0.717, 1.165) is 20.8 Å². The molecule has 2 aromatic carbocycles. The van der Waals surface area contributed by atoms with Crippen molar-refractivity contribution in [2.24, 2.45) is 0 Å². The summed E-state index contributed by atoms with van der Waals surface area (Å²) in [5.74, 6) is -0.343. The number of thiazole rings is 1. The fourth-order valence-corrected chi connectivity index (χ4v) is 3.56. The molecule has 0 amide bonds. The fourth-order valence-electron chi connectivity index (χ4n) is 2.15. The molecule has 1 aromatic heterocycles. The van der Waals surface area contributed by atoms with Gasteiger partial charge in [0.2, 0.25) is 0 Å². The summed E-state index contributed by atoms with van der Waals surface area (Å²) in [5.41, 5.74) is 2.37.